The summed E-state index contributed by atoms with van der Waals surface area (Å²) < 4.78 is 33.7. The monoisotopic (exact) mass is 854 g/mol. The Kier molecular flexibility index (Phi) is 16.2. The van der Waals surface area contributed by atoms with Gasteiger partial charge in [0.2, 0.25) is 0 Å². The number of carbonyl (C=O) groups is 3. The number of amides is 1. The number of aliphatic hydroxyl groups is 1. The highest BCUT2D eigenvalue weighted by atomic mass is 16.7. The molecular weight excluding hydrogens is 783 g/mol. The molecule has 5 rings (SSSR count). The number of fused-ring (bicyclic) bond motifs is 1. The Morgan fingerprint density at radius 1 is 1.13 bits per heavy atom. The predicted octanol–water partition coefficient (Wildman–Crippen LogP) is 4.84. The third-order valence-corrected chi connectivity index (χ3v) is 13.1. The van der Waals surface area contributed by atoms with Crippen molar-refractivity contribution in [3.8, 4) is 11.3 Å². The fraction of sp³-hybridized carbons (Fsp3) is 0.711. The van der Waals surface area contributed by atoms with E-state index < -0.39 is 71.5 Å². The molecule has 13 atom stereocenters. The summed E-state index contributed by atoms with van der Waals surface area (Å²) in [5, 5.41) is 23.9. The zero-order chi connectivity index (χ0) is 44.8. The van der Waals surface area contributed by atoms with E-state index in [4.69, 9.17) is 29.4 Å². The number of likely N-dealkylation sites (N-methyl/N-ethyl adjacent to an activating group) is 1. The SMILES string of the molecule is C=CC[C@@]1(OC)C[C@@H](C)CN[C@H](C)[C@H]2N(CCCCn3cc(-c4cccc(N)c4)nn3)C(=O)O[C@]2(C)[C@@H](CC)OC(=O)[C@H](C)C(=O)[C@H](C)[C@H]1O[C@@H]1OC(C)CC(N(C)C)C1O. The molecule has 1 aromatic heterocycles. The van der Waals surface area contributed by atoms with Crippen LogP contribution in [-0.2, 0) is 39.8 Å². The van der Waals surface area contributed by atoms with Gasteiger partial charge in [-0.05, 0) is 105 Å². The third kappa shape index (κ3) is 10.6. The summed E-state index contributed by atoms with van der Waals surface area (Å²) in [6.07, 6.45) is 2.02. The van der Waals surface area contributed by atoms with Crippen molar-refractivity contribution in [3.05, 3.63) is 43.1 Å². The van der Waals surface area contributed by atoms with Gasteiger partial charge in [0.1, 0.15) is 23.8 Å². The van der Waals surface area contributed by atoms with Crippen LogP contribution in [0.5, 0.6) is 0 Å². The molecule has 340 valence electrons. The fourth-order valence-corrected chi connectivity index (χ4v) is 9.78. The van der Waals surface area contributed by atoms with Gasteiger partial charge in [0.25, 0.3) is 0 Å². The fourth-order valence-electron chi connectivity index (χ4n) is 9.78. The number of esters is 1. The number of anilines is 1. The highest BCUT2D eigenvalue weighted by Gasteiger charge is 2.59. The lowest BCUT2D eigenvalue weighted by Gasteiger charge is -2.47. The number of aromatic nitrogens is 3. The van der Waals surface area contributed by atoms with Crippen molar-refractivity contribution >= 4 is 23.5 Å². The molecule has 16 nitrogen and oxygen atoms in total. The summed E-state index contributed by atoms with van der Waals surface area (Å²) in [4.78, 5) is 46.2. The molecule has 3 unspecified atom stereocenters. The zero-order valence-corrected chi connectivity index (χ0v) is 37.9. The summed E-state index contributed by atoms with van der Waals surface area (Å²) in [5.41, 5.74) is 5.87. The molecule has 4 heterocycles. The second-order valence-electron chi connectivity index (χ2n) is 18.0. The number of cyclic esters (lactones) is 1. The molecule has 0 spiro atoms. The molecule has 3 saturated heterocycles. The van der Waals surface area contributed by atoms with E-state index in [2.05, 4.69) is 29.1 Å². The van der Waals surface area contributed by atoms with E-state index in [0.717, 1.165) is 11.3 Å². The summed E-state index contributed by atoms with van der Waals surface area (Å²) in [5.74, 6) is -3.30. The summed E-state index contributed by atoms with van der Waals surface area (Å²) >= 11 is 0. The first-order valence-electron chi connectivity index (χ1n) is 21.9. The molecule has 1 amide bonds. The number of aryl methyl sites for hydroxylation is 1. The van der Waals surface area contributed by atoms with Gasteiger partial charge in [-0.3, -0.25) is 19.2 Å². The van der Waals surface area contributed by atoms with Crippen molar-refractivity contribution in [3.63, 3.8) is 0 Å². The Morgan fingerprint density at radius 2 is 1.85 bits per heavy atom. The number of hydrogen-bond acceptors (Lipinski definition) is 14. The topological polar surface area (TPSA) is 193 Å². The van der Waals surface area contributed by atoms with Gasteiger partial charge in [-0.2, -0.15) is 0 Å². The van der Waals surface area contributed by atoms with Crippen molar-refractivity contribution in [2.75, 3.05) is 40.0 Å². The molecule has 61 heavy (non-hydrogen) atoms. The molecule has 0 aliphatic carbocycles. The maximum Gasteiger partial charge on any atom is 0.410 e. The lowest BCUT2D eigenvalue weighted by molar-refractivity contribution is -0.297. The van der Waals surface area contributed by atoms with Crippen molar-refractivity contribution in [2.24, 2.45) is 17.8 Å². The number of nitrogens with zero attached hydrogens (tertiary/aromatic N) is 5. The van der Waals surface area contributed by atoms with Crippen molar-refractivity contribution in [1.82, 2.24) is 30.1 Å². The van der Waals surface area contributed by atoms with E-state index >= 15 is 0 Å². The number of methoxy groups -OCH3 is 1. The molecule has 2 aromatic rings. The Morgan fingerprint density at radius 3 is 2.51 bits per heavy atom. The summed E-state index contributed by atoms with van der Waals surface area (Å²) in [6, 6.07) is 6.39. The predicted molar refractivity (Wildman–Crippen MR) is 231 cm³/mol. The highest BCUT2D eigenvalue weighted by molar-refractivity contribution is 6.00. The number of benzene rings is 1. The Hall–Kier alpha value is -3.93. The first-order valence-corrected chi connectivity index (χ1v) is 21.9. The number of ether oxygens (including phenoxy) is 5. The minimum atomic E-state index is -1.25. The second-order valence-corrected chi connectivity index (χ2v) is 18.0. The lowest BCUT2D eigenvalue weighted by atomic mass is 9.75. The first-order chi connectivity index (χ1) is 28.9. The van der Waals surface area contributed by atoms with Crippen LogP contribution in [0.2, 0.25) is 0 Å². The average Bonchev–Trinajstić information content (AvgIpc) is 3.80. The average molecular weight is 854 g/mol. The Balaban J connectivity index is 1.41. The van der Waals surface area contributed by atoms with Gasteiger partial charge in [0, 0.05) is 49.5 Å². The number of nitrogens with two attached hydrogens (primary N) is 1. The second kappa shape index (κ2) is 20.5. The molecule has 3 aliphatic rings. The lowest BCUT2D eigenvalue weighted by Crippen LogP contribution is -2.61. The van der Waals surface area contributed by atoms with E-state index in [1.54, 1.807) is 29.7 Å². The van der Waals surface area contributed by atoms with Gasteiger partial charge in [0.05, 0.1) is 30.0 Å². The number of Topliss-reactive ketones (excluding diaryl/α,β-unsaturated/α-hetero) is 1. The van der Waals surface area contributed by atoms with Gasteiger partial charge < -0.3 is 44.7 Å². The molecule has 4 N–H and O–H groups in total. The number of unbranched alkanes of at least 4 members (excludes halogenated alkanes) is 1. The van der Waals surface area contributed by atoms with Crippen LogP contribution in [0.3, 0.4) is 0 Å². The van der Waals surface area contributed by atoms with Crippen LogP contribution in [0.1, 0.15) is 87.0 Å². The normalized spacial score (nSPS) is 35.6. The Labute approximate surface area is 361 Å². The van der Waals surface area contributed by atoms with Crippen LogP contribution in [0.25, 0.3) is 11.3 Å². The van der Waals surface area contributed by atoms with E-state index in [-0.39, 0.29) is 24.1 Å². The third-order valence-electron chi connectivity index (χ3n) is 13.1. The van der Waals surface area contributed by atoms with E-state index in [1.165, 1.54) is 6.92 Å². The number of carbonyl (C=O) groups excluding carboxylic acids is 3. The van der Waals surface area contributed by atoms with Gasteiger partial charge in [-0.15, -0.1) is 11.7 Å². The van der Waals surface area contributed by atoms with Crippen LogP contribution in [0.15, 0.2) is 43.1 Å². The maximum atomic E-state index is 14.6. The van der Waals surface area contributed by atoms with Crippen LogP contribution < -0.4 is 11.1 Å². The summed E-state index contributed by atoms with van der Waals surface area (Å²) in [6.45, 7) is 18.5. The van der Waals surface area contributed by atoms with Gasteiger partial charge in [0.15, 0.2) is 17.7 Å². The molecule has 0 radical (unpaired) electrons. The van der Waals surface area contributed by atoms with Gasteiger partial charge in [-0.1, -0.05) is 44.2 Å². The molecule has 3 aliphatic heterocycles. The van der Waals surface area contributed by atoms with Crippen LogP contribution in [0, 0.1) is 17.8 Å². The first kappa shape index (κ1) is 48.1. The standard InChI is InChI=1S/C45H71N7O9/c1-12-19-45(57-11)24-27(3)25-47-31(7)39-44(8,61-43(56)52(39)21-15-14-20-51-26-34(48-49-51)32-17-16-18-33(46)23-32)36(13-2)59-41(55)30(6)37(53)29(5)40(45)60-42-38(54)35(50(9)10)22-28(4)58-42/h12,16-18,23,26-31,35-36,38-40,42,47,54H,1,13-15,19-22,24-25,46H2,2-11H3/t27-,28?,29+,30-,31-,35?,36-,38?,39-,40-,42+,44-,45-/m1/s1. The van der Waals surface area contributed by atoms with E-state index in [1.807, 2.05) is 77.2 Å². The Bertz CT molecular complexity index is 1810. The largest absolute Gasteiger partial charge is 0.458 e. The van der Waals surface area contributed by atoms with Gasteiger partial charge >= 0.3 is 12.1 Å². The molecule has 0 saturated carbocycles. The maximum absolute atomic E-state index is 14.6. The number of nitrogens with one attached hydrogen (secondary N) is 1. The molecule has 0 bridgehead atoms. The molecule has 16 heteroatoms. The number of aliphatic hydroxyl groups excluding tert-OH is 1. The zero-order valence-electron chi connectivity index (χ0n) is 37.9. The van der Waals surface area contributed by atoms with Crippen molar-refractivity contribution < 1.29 is 43.2 Å². The number of nitrogen functional groups attached to an aromatic ring is 1. The quantitative estimate of drug-likeness (QED) is 0.0815. The number of rotatable bonds is 13. The van der Waals surface area contributed by atoms with Crippen LogP contribution in [0.4, 0.5) is 10.5 Å². The minimum Gasteiger partial charge on any atom is -0.458 e. The summed E-state index contributed by atoms with van der Waals surface area (Å²) in [7, 11) is 5.39. The molecule has 3 fully saturated rings. The van der Waals surface area contributed by atoms with E-state index in [9.17, 15) is 19.5 Å². The van der Waals surface area contributed by atoms with Gasteiger partial charge in [-0.25, -0.2) is 4.79 Å². The smallest absolute Gasteiger partial charge is 0.410 e. The molecule has 1 aromatic carbocycles. The highest BCUT2D eigenvalue weighted by Crippen LogP contribution is 2.41. The van der Waals surface area contributed by atoms with Crippen molar-refractivity contribution in [2.45, 2.75) is 154 Å². The van der Waals surface area contributed by atoms with Crippen LogP contribution in [-0.4, -0.2) is 142 Å². The number of hydrogen-bond donors (Lipinski definition) is 3. The van der Waals surface area contributed by atoms with E-state index in [0.29, 0.717) is 63.8 Å². The van der Waals surface area contributed by atoms with Crippen LogP contribution >= 0.6 is 0 Å². The minimum absolute atomic E-state index is 0.0542. The van der Waals surface area contributed by atoms with Crippen molar-refractivity contribution in [1.29, 1.82) is 0 Å². The number of ketones is 1. The molecular formula is C45H71N7O9.